The molecule has 10 heteroatoms. The third-order valence-corrected chi connectivity index (χ3v) is 9.32. The highest BCUT2D eigenvalue weighted by molar-refractivity contribution is 7.47. The van der Waals surface area contributed by atoms with Crippen molar-refractivity contribution in [2.45, 2.75) is 187 Å². The highest BCUT2D eigenvalue weighted by atomic mass is 31.2. The number of nitrogens with two attached hydrogens (primary N) is 1. The molecule has 0 aromatic rings. The van der Waals surface area contributed by atoms with E-state index in [1.807, 2.05) is 0 Å². The molecule has 0 bridgehead atoms. The fraction of sp³-hybridized carbons (Fsp3) is 0.846. The highest BCUT2D eigenvalue weighted by Crippen LogP contribution is 2.43. The van der Waals surface area contributed by atoms with Gasteiger partial charge in [-0.3, -0.25) is 18.6 Å². The summed E-state index contributed by atoms with van der Waals surface area (Å²) in [6.45, 7) is 3.68. The molecule has 0 amide bonds. The van der Waals surface area contributed by atoms with Crippen LogP contribution >= 0.6 is 7.82 Å². The second kappa shape index (κ2) is 36.3. The van der Waals surface area contributed by atoms with E-state index >= 15 is 0 Å². The molecule has 0 aromatic heterocycles. The Bertz CT molecular complexity index is 866. The molecule has 9 nitrogen and oxygen atoms in total. The third kappa shape index (κ3) is 36.1. The first-order valence-electron chi connectivity index (χ1n) is 19.8. The SMILES string of the molecule is CCCC/C=C/C/C=C/CCCCCCCC(=O)OC[C@H](COP(=O)(O)OCCN)OC(=O)CCCCCCCCCCCCCCCC. The van der Waals surface area contributed by atoms with E-state index in [0.29, 0.717) is 6.42 Å². The van der Waals surface area contributed by atoms with Crippen molar-refractivity contribution in [3.8, 4) is 0 Å². The first-order chi connectivity index (χ1) is 23.8. The lowest BCUT2D eigenvalue weighted by Gasteiger charge is -2.19. The van der Waals surface area contributed by atoms with Gasteiger partial charge in [0, 0.05) is 19.4 Å². The molecule has 0 radical (unpaired) electrons. The molecule has 3 N–H and O–H groups in total. The average Bonchev–Trinajstić information content (AvgIpc) is 3.08. The minimum Gasteiger partial charge on any atom is -0.462 e. The number of esters is 2. The molecule has 49 heavy (non-hydrogen) atoms. The minimum atomic E-state index is -4.37. The van der Waals surface area contributed by atoms with Crippen LogP contribution in [0.1, 0.15) is 181 Å². The van der Waals surface area contributed by atoms with E-state index < -0.39 is 32.5 Å². The van der Waals surface area contributed by atoms with Gasteiger partial charge in [-0.2, -0.15) is 0 Å². The van der Waals surface area contributed by atoms with Gasteiger partial charge in [-0.1, -0.05) is 154 Å². The quantitative estimate of drug-likeness (QED) is 0.0279. The summed E-state index contributed by atoms with van der Waals surface area (Å²) >= 11 is 0. The summed E-state index contributed by atoms with van der Waals surface area (Å²) in [5.74, 6) is -0.841. The number of hydrogen-bond donors (Lipinski definition) is 2. The summed E-state index contributed by atoms with van der Waals surface area (Å²) in [6.07, 6.45) is 36.3. The number of hydrogen-bond acceptors (Lipinski definition) is 8. The first kappa shape index (κ1) is 47.5. The van der Waals surface area contributed by atoms with E-state index in [1.165, 1.54) is 83.5 Å². The van der Waals surface area contributed by atoms with Crippen LogP contribution in [0.15, 0.2) is 24.3 Å². The maximum Gasteiger partial charge on any atom is 0.472 e. The average molecular weight is 716 g/mol. The summed E-state index contributed by atoms with van der Waals surface area (Å²) in [6, 6.07) is 0. The predicted molar refractivity (Wildman–Crippen MR) is 201 cm³/mol. The molecule has 0 saturated heterocycles. The fourth-order valence-electron chi connectivity index (χ4n) is 5.36. The minimum absolute atomic E-state index is 0.0528. The number of carbonyl (C=O) groups excluding carboxylic acids is 2. The second-order valence-electron chi connectivity index (χ2n) is 13.2. The van der Waals surface area contributed by atoms with Crippen LogP contribution in [-0.2, 0) is 32.7 Å². The Morgan fingerprint density at radius 1 is 0.612 bits per heavy atom. The smallest absolute Gasteiger partial charge is 0.462 e. The van der Waals surface area contributed by atoms with Gasteiger partial charge in [0.1, 0.15) is 6.61 Å². The zero-order chi connectivity index (χ0) is 36.1. The van der Waals surface area contributed by atoms with Crippen LogP contribution in [0.4, 0.5) is 0 Å². The van der Waals surface area contributed by atoms with Gasteiger partial charge in [0.05, 0.1) is 13.2 Å². The predicted octanol–water partition coefficient (Wildman–Crippen LogP) is 10.8. The summed E-state index contributed by atoms with van der Waals surface area (Å²) in [7, 11) is -4.37. The van der Waals surface area contributed by atoms with Crippen molar-refractivity contribution in [3.05, 3.63) is 24.3 Å². The largest absolute Gasteiger partial charge is 0.472 e. The third-order valence-electron chi connectivity index (χ3n) is 8.34. The zero-order valence-electron chi connectivity index (χ0n) is 31.4. The van der Waals surface area contributed by atoms with Gasteiger partial charge in [0.15, 0.2) is 6.10 Å². The monoisotopic (exact) mass is 716 g/mol. The van der Waals surface area contributed by atoms with Crippen LogP contribution in [0, 0.1) is 0 Å². The number of ether oxygens (including phenoxy) is 2. The Kier molecular flexibility index (Phi) is 35.2. The lowest BCUT2D eigenvalue weighted by molar-refractivity contribution is -0.161. The molecule has 0 rings (SSSR count). The normalized spacial score (nSPS) is 13.6. The lowest BCUT2D eigenvalue weighted by atomic mass is 10.0. The number of rotatable bonds is 37. The van der Waals surface area contributed by atoms with E-state index in [9.17, 15) is 19.0 Å². The Morgan fingerprint density at radius 2 is 1.08 bits per heavy atom. The van der Waals surface area contributed by atoms with Crippen molar-refractivity contribution < 1.29 is 37.6 Å². The Morgan fingerprint density at radius 3 is 1.61 bits per heavy atom. The zero-order valence-corrected chi connectivity index (χ0v) is 32.3. The molecule has 0 aliphatic carbocycles. The van der Waals surface area contributed by atoms with E-state index in [4.69, 9.17) is 24.3 Å². The molecular weight excluding hydrogens is 641 g/mol. The van der Waals surface area contributed by atoms with Crippen LogP contribution < -0.4 is 5.73 Å². The van der Waals surface area contributed by atoms with Crippen molar-refractivity contribution in [1.82, 2.24) is 0 Å². The van der Waals surface area contributed by atoms with Crippen molar-refractivity contribution >= 4 is 19.8 Å². The van der Waals surface area contributed by atoms with E-state index in [1.54, 1.807) is 0 Å². The summed E-state index contributed by atoms with van der Waals surface area (Å²) in [5, 5.41) is 0. The van der Waals surface area contributed by atoms with Crippen LogP contribution in [0.25, 0.3) is 0 Å². The van der Waals surface area contributed by atoms with Crippen LogP contribution in [0.2, 0.25) is 0 Å². The summed E-state index contributed by atoms with van der Waals surface area (Å²) in [4.78, 5) is 34.7. The highest BCUT2D eigenvalue weighted by Gasteiger charge is 2.25. The standard InChI is InChI=1S/C39H74NO8P/c1-3-5-7-9-11-13-15-17-19-21-23-25-27-29-31-38(41)45-35-37(36-47-49(43,44)46-34-33-40)48-39(42)32-30-28-26-24-22-20-18-16-14-12-10-8-6-4-2/h9,11,15,17,37H,3-8,10,12-14,16,18-36,40H2,1-2H3,(H,43,44)/b11-9+,17-15+/t37-/m1/s1. The molecule has 0 fully saturated rings. The van der Waals surface area contributed by atoms with Crippen LogP contribution in [-0.4, -0.2) is 49.3 Å². The van der Waals surface area contributed by atoms with Crippen molar-refractivity contribution in [2.75, 3.05) is 26.4 Å². The maximum atomic E-state index is 12.5. The second-order valence-corrected chi connectivity index (χ2v) is 14.6. The molecule has 0 aliphatic rings. The molecule has 0 saturated carbocycles. The Hall–Kier alpha value is -1.51. The summed E-state index contributed by atoms with van der Waals surface area (Å²) < 4.78 is 32.7. The maximum absolute atomic E-state index is 12.5. The molecular formula is C39H74NO8P. The number of phosphoric ester groups is 1. The lowest BCUT2D eigenvalue weighted by Crippen LogP contribution is -2.29. The summed E-state index contributed by atoms with van der Waals surface area (Å²) in [5.41, 5.74) is 5.33. The van der Waals surface area contributed by atoms with Gasteiger partial charge in [-0.15, -0.1) is 0 Å². The van der Waals surface area contributed by atoms with Crippen LogP contribution in [0.5, 0.6) is 0 Å². The van der Waals surface area contributed by atoms with E-state index in [2.05, 4.69) is 38.2 Å². The van der Waals surface area contributed by atoms with Gasteiger partial charge >= 0.3 is 19.8 Å². The molecule has 1 unspecified atom stereocenters. The van der Waals surface area contributed by atoms with Crippen molar-refractivity contribution in [3.63, 3.8) is 0 Å². The van der Waals surface area contributed by atoms with E-state index in [0.717, 1.165) is 64.2 Å². The number of unbranched alkanes of at least 4 members (excludes halogenated alkanes) is 20. The number of allylic oxidation sites excluding steroid dienone is 4. The number of phosphoric acid groups is 1. The van der Waals surface area contributed by atoms with E-state index in [-0.39, 0.29) is 32.6 Å². The molecule has 0 spiro atoms. The van der Waals surface area contributed by atoms with Crippen molar-refractivity contribution in [2.24, 2.45) is 5.73 Å². The van der Waals surface area contributed by atoms with Gasteiger partial charge in [-0.25, -0.2) is 4.57 Å². The molecule has 288 valence electrons. The van der Waals surface area contributed by atoms with Gasteiger partial charge < -0.3 is 20.1 Å². The topological polar surface area (TPSA) is 134 Å². The Labute approximate surface area is 300 Å². The van der Waals surface area contributed by atoms with Gasteiger partial charge in [0.25, 0.3) is 0 Å². The van der Waals surface area contributed by atoms with Gasteiger partial charge in [0.2, 0.25) is 0 Å². The fourth-order valence-corrected chi connectivity index (χ4v) is 6.12. The molecule has 0 aromatic carbocycles. The number of carbonyl (C=O) groups is 2. The molecule has 0 aliphatic heterocycles. The van der Waals surface area contributed by atoms with Crippen molar-refractivity contribution in [1.29, 1.82) is 0 Å². The molecule has 2 atom stereocenters. The first-order valence-corrected chi connectivity index (χ1v) is 21.3. The Balaban J connectivity index is 4.21. The molecule has 0 heterocycles. The van der Waals surface area contributed by atoms with Gasteiger partial charge in [-0.05, 0) is 38.5 Å². The van der Waals surface area contributed by atoms with Crippen LogP contribution in [0.3, 0.4) is 0 Å².